The summed E-state index contributed by atoms with van der Waals surface area (Å²) in [6, 6.07) is 11.7. The molecule has 9 heteroatoms. The maximum atomic E-state index is 13.1. The van der Waals surface area contributed by atoms with Gasteiger partial charge in [-0.3, -0.25) is 9.69 Å². The van der Waals surface area contributed by atoms with Crippen LogP contribution in [0, 0.1) is 6.92 Å². The van der Waals surface area contributed by atoms with Crippen molar-refractivity contribution in [1.82, 2.24) is 19.4 Å². The van der Waals surface area contributed by atoms with Crippen LogP contribution in [0.2, 0.25) is 0 Å². The largest absolute Gasteiger partial charge is 0.404 e. The predicted octanol–water partition coefficient (Wildman–Crippen LogP) is 2.64. The normalized spacial score (nSPS) is 23.3. The van der Waals surface area contributed by atoms with Crippen LogP contribution in [0.4, 0.5) is 5.69 Å². The molecule has 0 spiro atoms. The molecule has 5 heterocycles. The quantitative estimate of drug-likeness (QED) is 0.544. The Hall–Kier alpha value is -3.30. The number of para-hydroxylation sites is 2. The van der Waals surface area contributed by atoms with Gasteiger partial charge in [0.1, 0.15) is 12.2 Å². The van der Waals surface area contributed by atoms with E-state index in [-0.39, 0.29) is 23.6 Å². The van der Waals surface area contributed by atoms with Gasteiger partial charge in [0.05, 0.1) is 35.1 Å². The molecule has 7 rings (SSSR count). The van der Waals surface area contributed by atoms with Gasteiger partial charge in [-0.1, -0.05) is 12.1 Å². The van der Waals surface area contributed by atoms with Crippen LogP contribution in [-0.2, 0) is 22.6 Å². The highest BCUT2D eigenvalue weighted by Crippen LogP contribution is 2.41. The van der Waals surface area contributed by atoms with Crippen molar-refractivity contribution in [1.29, 1.82) is 0 Å². The van der Waals surface area contributed by atoms with Crippen LogP contribution >= 0.6 is 0 Å². The molecule has 182 valence electrons. The van der Waals surface area contributed by atoms with E-state index in [4.69, 9.17) is 9.47 Å². The van der Waals surface area contributed by atoms with Crippen molar-refractivity contribution in [2.24, 2.45) is 0 Å². The minimum atomic E-state index is -0.337. The molecule has 2 aromatic heterocycles. The van der Waals surface area contributed by atoms with Crippen LogP contribution in [0.25, 0.3) is 11.0 Å². The molecular formula is C26H29N5O4. The highest BCUT2D eigenvalue weighted by molar-refractivity contribution is 5.82. The minimum absolute atomic E-state index is 0.0605. The zero-order valence-corrected chi connectivity index (χ0v) is 19.8. The topological polar surface area (TPSA) is 98.6 Å². The van der Waals surface area contributed by atoms with Crippen LogP contribution in [0.1, 0.15) is 37.1 Å². The number of pyridine rings is 1. The summed E-state index contributed by atoms with van der Waals surface area (Å²) in [7, 11) is 0. The van der Waals surface area contributed by atoms with Gasteiger partial charge >= 0.3 is 5.97 Å². The molecule has 0 amide bonds. The molecule has 3 aliphatic heterocycles. The van der Waals surface area contributed by atoms with Crippen molar-refractivity contribution < 1.29 is 14.3 Å². The Morgan fingerprint density at radius 3 is 2.77 bits per heavy atom. The first-order valence-electron chi connectivity index (χ1n) is 12.3. The van der Waals surface area contributed by atoms with E-state index in [0.29, 0.717) is 43.9 Å². The molecule has 0 atom stereocenters. The molecule has 9 nitrogen and oxygen atoms in total. The van der Waals surface area contributed by atoms with Gasteiger partial charge in [0, 0.05) is 25.2 Å². The Bertz CT molecular complexity index is 1330. The molecule has 0 unspecified atom stereocenters. The summed E-state index contributed by atoms with van der Waals surface area (Å²) in [5.74, 6) is -0.0114. The number of carbonyl (C=O) groups excluding carboxylic acids is 1. The summed E-state index contributed by atoms with van der Waals surface area (Å²) >= 11 is 0. The van der Waals surface area contributed by atoms with Gasteiger partial charge in [0.2, 0.25) is 5.88 Å². The van der Waals surface area contributed by atoms with Crippen molar-refractivity contribution in [2.75, 3.05) is 25.0 Å². The van der Waals surface area contributed by atoms with Crippen molar-refractivity contribution in [3.8, 4) is 5.88 Å². The molecule has 3 fully saturated rings. The second-order valence-corrected chi connectivity index (χ2v) is 9.78. The van der Waals surface area contributed by atoms with E-state index in [9.17, 15) is 9.59 Å². The third-order valence-corrected chi connectivity index (χ3v) is 7.64. The first-order chi connectivity index (χ1) is 17.0. The number of anilines is 1. The number of esters is 1. The van der Waals surface area contributed by atoms with Crippen LogP contribution in [0.3, 0.4) is 0 Å². The lowest BCUT2D eigenvalue weighted by Gasteiger charge is -2.52. The predicted molar refractivity (Wildman–Crippen MR) is 130 cm³/mol. The van der Waals surface area contributed by atoms with Crippen molar-refractivity contribution in [2.45, 2.75) is 57.3 Å². The van der Waals surface area contributed by atoms with Crippen LogP contribution in [-0.4, -0.2) is 56.7 Å². The molecule has 3 aromatic rings. The number of carbonyl (C=O) groups is 1. The Balaban J connectivity index is 1.32. The molecule has 1 aromatic carbocycles. The Morgan fingerprint density at radius 2 is 1.97 bits per heavy atom. The SMILES string of the molecule is Cc1nc2ccccc2n(CCN(Cc2ccc3c(n2)OC(=O)CN3)C23CCC(CC2)OC3)c1=O. The first-order valence-corrected chi connectivity index (χ1v) is 12.3. The van der Waals surface area contributed by atoms with Gasteiger partial charge in [-0.05, 0) is 56.9 Å². The molecule has 2 saturated heterocycles. The number of aryl methyl sites for hydroxylation is 1. The first kappa shape index (κ1) is 22.2. The summed E-state index contributed by atoms with van der Waals surface area (Å²) in [6.45, 7) is 4.38. The number of aromatic nitrogens is 3. The second-order valence-electron chi connectivity index (χ2n) is 9.78. The smallest absolute Gasteiger partial charge is 0.332 e. The number of nitrogens with zero attached hydrogens (tertiary/aromatic N) is 4. The minimum Gasteiger partial charge on any atom is -0.404 e. The van der Waals surface area contributed by atoms with Gasteiger partial charge in [-0.15, -0.1) is 0 Å². The maximum absolute atomic E-state index is 13.1. The van der Waals surface area contributed by atoms with Gasteiger partial charge in [-0.2, -0.15) is 0 Å². The Kier molecular flexibility index (Phi) is 5.53. The van der Waals surface area contributed by atoms with E-state index in [2.05, 4.69) is 20.2 Å². The summed E-state index contributed by atoms with van der Waals surface area (Å²) in [4.78, 5) is 36.4. The van der Waals surface area contributed by atoms with E-state index in [0.717, 1.165) is 48.1 Å². The third-order valence-electron chi connectivity index (χ3n) is 7.64. The average molecular weight is 476 g/mol. The number of hydrogen-bond donors (Lipinski definition) is 1. The average Bonchev–Trinajstić information content (AvgIpc) is 2.89. The summed E-state index contributed by atoms with van der Waals surface area (Å²) < 4.78 is 13.3. The molecule has 1 saturated carbocycles. The van der Waals surface area contributed by atoms with E-state index in [1.165, 1.54) is 0 Å². The van der Waals surface area contributed by atoms with Crippen LogP contribution in [0.5, 0.6) is 5.88 Å². The fourth-order valence-corrected chi connectivity index (χ4v) is 5.65. The van der Waals surface area contributed by atoms with Crippen molar-refractivity contribution in [3.05, 3.63) is 58.1 Å². The van der Waals surface area contributed by atoms with E-state index < -0.39 is 0 Å². The fraction of sp³-hybridized carbons (Fsp3) is 0.462. The zero-order valence-electron chi connectivity index (χ0n) is 19.8. The molecular weight excluding hydrogens is 446 g/mol. The second kappa shape index (κ2) is 8.73. The number of nitrogens with one attached hydrogen (secondary N) is 1. The zero-order chi connectivity index (χ0) is 24.0. The lowest BCUT2D eigenvalue weighted by Crippen LogP contribution is -2.59. The monoisotopic (exact) mass is 475 g/mol. The molecule has 2 bridgehead atoms. The molecule has 1 N–H and O–H groups in total. The lowest BCUT2D eigenvalue weighted by molar-refractivity contribution is -0.139. The number of hydrogen-bond acceptors (Lipinski definition) is 8. The highest BCUT2D eigenvalue weighted by atomic mass is 16.5. The van der Waals surface area contributed by atoms with Gasteiger partial charge in [0.15, 0.2) is 0 Å². The number of rotatable bonds is 6. The van der Waals surface area contributed by atoms with Crippen molar-refractivity contribution in [3.63, 3.8) is 0 Å². The summed E-state index contributed by atoms with van der Waals surface area (Å²) in [5, 5.41) is 3.04. The van der Waals surface area contributed by atoms with Gasteiger partial charge < -0.3 is 19.4 Å². The highest BCUT2D eigenvalue weighted by Gasteiger charge is 2.45. The number of benzene rings is 1. The number of ether oxygens (including phenoxy) is 2. The van der Waals surface area contributed by atoms with Gasteiger partial charge in [0.25, 0.3) is 5.56 Å². The lowest BCUT2D eigenvalue weighted by atomic mass is 9.76. The van der Waals surface area contributed by atoms with Crippen LogP contribution < -0.4 is 15.6 Å². The van der Waals surface area contributed by atoms with E-state index in [1.807, 2.05) is 41.0 Å². The summed E-state index contributed by atoms with van der Waals surface area (Å²) in [6.07, 6.45) is 4.58. The standard InChI is InChI=1S/C26H29N5O4/c1-17-25(33)31(22-5-3-2-4-20(22)28-17)13-12-30(26-10-8-19(9-11-26)34-16-26)15-18-6-7-21-24(29-18)35-23(32)14-27-21/h2-7,19,27H,8-16H2,1H3. The van der Waals surface area contributed by atoms with E-state index >= 15 is 0 Å². The molecule has 35 heavy (non-hydrogen) atoms. The maximum Gasteiger partial charge on any atom is 0.332 e. The van der Waals surface area contributed by atoms with E-state index in [1.54, 1.807) is 6.92 Å². The number of fused-ring (bicyclic) bond motifs is 5. The molecule has 1 aliphatic carbocycles. The Morgan fingerprint density at radius 1 is 1.14 bits per heavy atom. The Labute approximate surface area is 203 Å². The third kappa shape index (κ3) is 4.08. The van der Waals surface area contributed by atoms with Gasteiger partial charge in [-0.25, -0.2) is 14.8 Å². The summed E-state index contributed by atoms with van der Waals surface area (Å²) in [5.41, 5.74) is 3.56. The fourth-order valence-electron chi connectivity index (χ4n) is 5.65. The molecule has 4 aliphatic rings. The van der Waals surface area contributed by atoms with Crippen LogP contribution in [0.15, 0.2) is 41.2 Å². The molecule has 0 radical (unpaired) electrons. The van der Waals surface area contributed by atoms with Crippen molar-refractivity contribution >= 4 is 22.7 Å².